The number of methoxy groups -OCH3 is 1. The number of nitrogens with one attached hydrogen (secondary N) is 1. The second kappa shape index (κ2) is 8.42. The van der Waals surface area contributed by atoms with E-state index in [-0.39, 0.29) is 16.2 Å². The van der Waals surface area contributed by atoms with Crippen LogP contribution in [0.1, 0.15) is 15.9 Å². The van der Waals surface area contributed by atoms with Gasteiger partial charge in [0.1, 0.15) is 16.9 Å². The molecule has 0 atom stereocenters. The number of amides is 1. The Morgan fingerprint density at radius 2 is 1.69 bits per heavy atom. The summed E-state index contributed by atoms with van der Waals surface area (Å²) in [6.45, 7) is 0.355. The zero-order valence-electron chi connectivity index (χ0n) is 19.4. The zero-order chi connectivity index (χ0) is 24.9. The molecule has 1 aliphatic rings. The topological polar surface area (TPSA) is 88.9 Å². The van der Waals surface area contributed by atoms with Gasteiger partial charge in [0.15, 0.2) is 0 Å². The van der Waals surface area contributed by atoms with Gasteiger partial charge in [0.25, 0.3) is 15.9 Å². The summed E-state index contributed by atoms with van der Waals surface area (Å²) in [5.41, 5.74) is 3.81. The van der Waals surface area contributed by atoms with Crippen LogP contribution in [0.25, 0.3) is 21.9 Å². The number of para-hydroxylation sites is 2. The number of hydrogen-bond acceptors (Lipinski definition) is 5. The zero-order valence-corrected chi connectivity index (χ0v) is 20.2. The first kappa shape index (κ1) is 22.2. The van der Waals surface area contributed by atoms with E-state index in [4.69, 9.17) is 9.15 Å². The largest absolute Gasteiger partial charge is 0.496 e. The van der Waals surface area contributed by atoms with Crippen molar-refractivity contribution in [3.63, 3.8) is 0 Å². The SMILES string of the molecule is COc1ccc(S(=O)(=O)N2CCc3ccccc32)cc1C(=O)Nc1ccc2oc3ccccc3c2c1. The summed E-state index contributed by atoms with van der Waals surface area (Å²) in [6, 6.07) is 24.9. The molecular formula is C28H22N2O5S. The van der Waals surface area contributed by atoms with Crippen molar-refractivity contribution in [1.82, 2.24) is 0 Å². The van der Waals surface area contributed by atoms with Crippen molar-refractivity contribution in [3.05, 3.63) is 96.1 Å². The van der Waals surface area contributed by atoms with Crippen LogP contribution in [0.2, 0.25) is 0 Å². The fourth-order valence-electron chi connectivity index (χ4n) is 4.71. The Kier molecular flexibility index (Phi) is 5.19. The molecule has 0 unspecified atom stereocenters. The van der Waals surface area contributed by atoms with E-state index >= 15 is 0 Å². The minimum atomic E-state index is -3.87. The molecular weight excluding hydrogens is 476 g/mol. The fraction of sp³-hybridized carbons (Fsp3) is 0.107. The molecule has 0 bridgehead atoms. The summed E-state index contributed by atoms with van der Waals surface area (Å²) in [4.78, 5) is 13.3. The third-order valence-electron chi connectivity index (χ3n) is 6.48. The Morgan fingerprint density at radius 3 is 2.56 bits per heavy atom. The molecule has 5 aromatic rings. The van der Waals surface area contributed by atoms with Crippen LogP contribution in [0.5, 0.6) is 5.75 Å². The van der Waals surface area contributed by atoms with Crippen LogP contribution >= 0.6 is 0 Å². The van der Waals surface area contributed by atoms with Crippen molar-refractivity contribution in [2.45, 2.75) is 11.3 Å². The lowest BCUT2D eigenvalue weighted by Gasteiger charge is -2.20. The van der Waals surface area contributed by atoms with E-state index in [2.05, 4.69) is 5.32 Å². The summed E-state index contributed by atoms with van der Waals surface area (Å²) in [5.74, 6) is -0.194. The molecule has 1 N–H and O–H groups in total. The van der Waals surface area contributed by atoms with Gasteiger partial charge in [-0.25, -0.2) is 8.42 Å². The molecule has 36 heavy (non-hydrogen) atoms. The van der Waals surface area contributed by atoms with E-state index < -0.39 is 15.9 Å². The predicted molar refractivity (Wildman–Crippen MR) is 139 cm³/mol. The van der Waals surface area contributed by atoms with E-state index in [1.807, 2.05) is 48.5 Å². The molecule has 0 spiro atoms. The lowest BCUT2D eigenvalue weighted by molar-refractivity contribution is 0.102. The predicted octanol–water partition coefficient (Wildman–Crippen LogP) is 5.60. The minimum absolute atomic E-state index is 0.0291. The Balaban J connectivity index is 1.35. The molecule has 1 amide bonds. The fourth-order valence-corrected chi connectivity index (χ4v) is 6.24. The van der Waals surface area contributed by atoms with E-state index in [1.54, 1.807) is 18.2 Å². The molecule has 0 radical (unpaired) electrons. The van der Waals surface area contributed by atoms with Crippen LogP contribution in [0.3, 0.4) is 0 Å². The molecule has 0 saturated carbocycles. The van der Waals surface area contributed by atoms with Crippen LogP contribution < -0.4 is 14.4 Å². The first-order valence-electron chi connectivity index (χ1n) is 11.5. The van der Waals surface area contributed by atoms with Gasteiger partial charge < -0.3 is 14.5 Å². The first-order chi connectivity index (χ1) is 17.5. The van der Waals surface area contributed by atoms with Crippen LogP contribution in [0.4, 0.5) is 11.4 Å². The highest BCUT2D eigenvalue weighted by atomic mass is 32.2. The average molecular weight is 499 g/mol. The highest BCUT2D eigenvalue weighted by molar-refractivity contribution is 7.92. The lowest BCUT2D eigenvalue weighted by atomic mass is 10.1. The van der Waals surface area contributed by atoms with E-state index in [9.17, 15) is 13.2 Å². The molecule has 1 aliphatic heterocycles. The summed E-state index contributed by atoms with van der Waals surface area (Å²) in [7, 11) is -2.42. The van der Waals surface area contributed by atoms with Crippen molar-refractivity contribution in [2.24, 2.45) is 0 Å². The van der Waals surface area contributed by atoms with Crippen molar-refractivity contribution < 1.29 is 22.4 Å². The second-order valence-electron chi connectivity index (χ2n) is 8.58. The Morgan fingerprint density at radius 1 is 0.917 bits per heavy atom. The maximum atomic E-state index is 13.5. The third kappa shape index (κ3) is 3.58. The van der Waals surface area contributed by atoms with E-state index in [0.717, 1.165) is 21.9 Å². The maximum Gasteiger partial charge on any atom is 0.264 e. The van der Waals surface area contributed by atoms with E-state index in [0.29, 0.717) is 29.9 Å². The number of benzene rings is 4. The van der Waals surface area contributed by atoms with Crippen molar-refractivity contribution >= 4 is 49.2 Å². The van der Waals surface area contributed by atoms with Gasteiger partial charge in [0, 0.05) is 23.0 Å². The number of carbonyl (C=O) groups is 1. The van der Waals surface area contributed by atoms with Gasteiger partial charge in [-0.15, -0.1) is 0 Å². The molecule has 4 aromatic carbocycles. The highest BCUT2D eigenvalue weighted by Gasteiger charge is 2.31. The van der Waals surface area contributed by atoms with Crippen LogP contribution in [-0.4, -0.2) is 28.0 Å². The van der Waals surface area contributed by atoms with Crippen LogP contribution in [-0.2, 0) is 16.4 Å². The van der Waals surface area contributed by atoms with Gasteiger partial charge in [-0.1, -0.05) is 36.4 Å². The van der Waals surface area contributed by atoms with Crippen LogP contribution in [0.15, 0.2) is 94.2 Å². The van der Waals surface area contributed by atoms with Crippen molar-refractivity contribution in [2.75, 3.05) is 23.3 Å². The van der Waals surface area contributed by atoms with Gasteiger partial charge in [-0.2, -0.15) is 0 Å². The number of carbonyl (C=O) groups excluding carboxylic acids is 1. The molecule has 8 heteroatoms. The average Bonchev–Trinajstić information content (AvgIpc) is 3.50. The minimum Gasteiger partial charge on any atom is -0.496 e. The summed E-state index contributed by atoms with van der Waals surface area (Å²) in [6.07, 6.45) is 0.643. The Labute approximate surface area is 208 Å². The van der Waals surface area contributed by atoms with Gasteiger partial charge in [-0.3, -0.25) is 9.10 Å². The molecule has 0 fully saturated rings. The lowest BCUT2D eigenvalue weighted by Crippen LogP contribution is -2.29. The quantitative estimate of drug-likeness (QED) is 0.341. The Hall–Kier alpha value is -4.30. The van der Waals surface area contributed by atoms with Gasteiger partial charge in [0.2, 0.25) is 0 Å². The number of sulfonamides is 1. The number of fused-ring (bicyclic) bond motifs is 4. The molecule has 0 saturated heterocycles. The molecule has 7 nitrogen and oxygen atoms in total. The van der Waals surface area contributed by atoms with Gasteiger partial charge in [0.05, 0.1) is 23.3 Å². The smallest absolute Gasteiger partial charge is 0.264 e. The molecule has 1 aromatic heterocycles. The van der Waals surface area contributed by atoms with E-state index in [1.165, 1.54) is 29.6 Å². The summed E-state index contributed by atoms with van der Waals surface area (Å²) in [5, 5.41) is 4.69. The van der Waals surface area contributed by atoms with Crippen molar-refractivity contribution in [3.8, 4) is 5.75 Å². The second-order valence-corrected chi connectivity index (χ2v) is 10.4. The summed E-state index contributed by atoms with van der Waals surface area (Å²) >= 11 is 0. The Bertz CT molecular complexity index is 1760. The standard InChI is InChI=1S/C28H22N2O5S/c1-34-25-13-11-20(36(32,33)30-15-14-18-6-2-4-8-24(18)30)17-23(25)28(31)29-19-10-12-27-22(16-19)21-7-3-5-9-26(21)35-27/h2-13,16-17H,14-15H2,1H3,(H,29,31). The molecule has 2 heterocycles. The number of rotatable bonds is 5. The molecule has 180 valence electrons. The van der Waals surface area contributed by atoms with Gasteiger partial charge >= 0.3 is 0 Å². The molecule has 6 rings (SSSR count). The highest BCUT2D eigenvalue weighted by Crippen LogP contribution is 2.35. The normalized spacial score (nSPS) is 13.2. The number of hydrogen-bond donors (Lipinski definition) is 1. The number of nitrogens with zero attached hydrogens (tertiary/aromatic N) is 1. The van der Waals surface area contributed by atoms with Gasteiger partial charge in [-0.05, 0) is 60.5 Å². The number of anilines is 2. The summed E-state index contributed by atoms with van der Waals surface area (Å²) < 4.78 is 39.7. The first-order valence-corrected chi connectivity index (χ1v) is 12.9. The number of ether oxygens (including phenoxy) is 1. The van der Waals surface area contributed by atoms with Crippen LogP contribution in [0, 0.1) is 0 Å². The number of furan rings is 1. The van der Waals surface area contributed by atoms with Crippen molar-refractivity contribution in [1.29, 1.82) is 0 Å². The maximum absolute atomic E-state index is 13.5. The monoisotopic (exact) mass is 498 g/mol. The molecule has 0 aliphatic carbocycles. The third-order valence-corrected chi connectivity index (χ3v) is 8.29.